The van der Waals surface area contributed by atoms with Crippen LogP contribution in [0.25, 0.3) is 11.4 Å². The van der Waals surface area contributed by atoms with Crippen molar-refractivity contribution in [2.75, 3.05) is 0 Å². The molecule has 106 valence electrons. The first-order valence-electron chi connectivity index (χ1n) is 6.36. The summed E-state index contributed by atoms with van der Waals surface area (Å²) in [6, 6.07) is 4.84. The molecule has 0 bridgehead atoms. The largest absolute Gasteiger partial charge is 0.388 e. The molecule has 0 spiro atoms. The van der Waals surface area contributed by atoms with Crippen LogP contribution < -0.4 is 0 Å². The maximum Gasteiger partial charge on any atom is 0.272 e. The molecule has 0 atom stereocenters. The van der Waals surface area contributed by atoms with Crippen LogP contribution in [0.5, 0.6) is 0 Å². The number of hydrogen-bond acceptors (Lipinski definition) is 5. The zero-order valence-electron chi connectivity index (χ0n) is 11.4. The van der Waals surface area contributed by atoms with E-state index < -0.39 is 4.92 Å². The molecule has 0 saturated heterocycles. The minimum atomic E-state index is -0.408. The van der Waals surface area contributed by atoms with Gasteiger partial charge in [0.15, 0.2) is 11.6 Å². The van der Waals surface area contributed by atoms with E-state index in [2.05, 4.69) is 10.2 Å². The van der Waals surface area contributed by atoms with Crippen molar-refractivity contribution in [1.82, 2.24) is 14.8 Å². The molecule has 0 aliphatic carbocycles. The molecule has 0 saturated carbocycles. The number of rotatable bonds is 5. The summed E-state index contributed by atoms with van der Waals surface area (Å²) in [5.74, 6) is 1.12. The number of nitro benzene ring substituents is 1. The van der Waals surface area contributed by atoms with Crippen molar-refractivity contribution in [3.63, 3.8) is 0 Å². The number of aryl methyl sites for hydroxylation is 1. The van der Waals surface area contributed by atoms with Crippen LogP contribution in [0.3, 0.4) is 0 Å². The third kappa shape index (κ3) is 2.53. The van der Waals surface area contributed by atoms with Gasteiger partial charge >= 0.3 is 0 Å². The molecule has 2 aromatic rings. The van der Waals surface area contributed by atoms with Crippen molar-refractivity contribution >= 4 is 5.69 Å². The summed E-state index contributed by atoms with van der Waals surface area (Å²) in [5, 5.41) is 28.1. The lowest BCUT2D eigenvalue weighted by Gasteiger charge is -2.08. The summed E-state index contributed by atoms with van der Waals surface area (Å²) >= 11 is 0. The molecule has 0 aliphatic heterocycles. The maximum atomic E-state index is 10.8. The molecule has 20 heavy (non-hydrogen) atoms. The van der Waals surface area contributed by atoms with E-state index in [0.29, 0.717) is 23.8 Å². The van der Waals surface area contributed by atoms with Crippen molar-refractivity contribution < 1.29 is 10.0 Å². The average Bonchev–Trinajstić information content (AvgIpc) is 2.81. The maximum absolute atomic E-state index is 10.8. The highest BCUT2D eigenvalue weighted by Crippen LogP contribution is 2.25. The number of aliphatic hydroxyl groups is 1. The highest BCUT2D eigenvalue weighted by molar-refractivity contribution is 5.60. The molecule has 1 aromatic heterocycles. The third-order valence-corrected chi connectivity index (χ3v) is 3.07. The second kappa shape index (κ2) is 5.79. The molecule has 7 nitrogen and oxygen atoms in total. The molecule has 0 fully saturated rings. The number of nitrogens with zero attached hydrogens (tertiary/aromatic N) is 4. The van der Waals surface area contributed by atoms with E-state index in [-0.39, 0.29) is 12.3 Å². The molecule has 0 amide bonds. The van der Waals surface area contributed by atoms with Crippen LogP contribution in [0.1, 0.15) is 24.7 Å². The SMILES string of the molecule is CCCn1c(CO)nnc1-c1ccc([N+](=O)[O-])c(C)c1. The van der Waals surface area contributed by atoms with E-state index in [4.69, 9.17) is 0 Å². The van der Waals surface area contributed by atoms with Gasteiger partial charge in [-0.2, -0.15) is 0 Å². The van der Waals surface area contributed by atoms with Gasteiger partial charge in [0.25, 0.3) is 5.69 Å². The van der Waals surface area contributed by atoms with E-state index in [1.807, 2.05) is 11.5 Å². The summed E-state index contributed by atoms with van der Waals surface area (Å²) in [6.07, 6.45) is 0.879. The minimum absolute atomic E-state index is 0.0812. The average molecular weight is 276 g/mol. The molecule has 0 aliphatic rings. The van der Waals surface area contributed by atoms with Gasteiger partial charge in [-0.25, -0.2) is 0 Å². The van der Waals surface area contributed by atoms with Crippen molar-refractivity contribution in [3.05, 3.63) is 39.7 Å². The van der Waals surface area contributed by atoms with Gasteiger partial charge in [0.05, 0.1) is 4.92 Å². The van der Waals surface area contributed by atoms with E-state index in [1.54, 1.807) is 19.1 Å². The van der Waals surface area contributed by atoms with Gasteiger partial charge in [0.1, 0.15) is 6.61 Å². The van der Waals surface area contributed by atoms with Crippen LogP contribution in [-0.4, -0.2) is 24.8 Å². The predicted octanol–water partition coefficient (Wildman–Crippen LogP) is 2.06. The first-order chi connectivity index (χ1) is 9.58. The fraction of sp³-hybridized carbons (Fsp3) is 0.385. The number of benzene rings is 1. The van der Waals surface area contributed by atoms with Crippen LogP contribution in [0.15, 0.2) is 18.2 Å². The first kappa shape index (κ1) is 14.1. The lowest BCUT2D eigenvalue weighted by molar-refractivity contribution is -0.385. The Hall–Kier alpha value is -2.28. The van der Waals surface area contributed by atoms with Crippen LogP contribution in [-0.2, 0) is 13.2 Å². The summed E-state index contributed by atoms with van der Waals surface area (Å²) < 4.78 is 1.83. The lowest BCUT2D eigenvalue weighted by Crippen LogP contribution is -2.05. The predicted molar refractivity (Wildman–Crippen MR) is 73.1 cm³/mol. The quantitative estimate of drug-likeness (QED) is 0.666. The zero-order valence-corrected chi connectivity index (χ0v) is 11.4. The standard InChI is InChI=1S/C13H16N4O3/c1-3-6-16-12(8-18)14-15-13(16)10-4-5-11(17(19)20)9(2)7-10/h4-5,7,18H,3,6,8H2,1-2H3. The fourth-order valence-corrected chi connectivity index (χ4v) is 2.12. The number of nitro groups is 1. The van der Waals surface area contributed by atoms with Crippen molar-refractivity contribution in [1.29, 1.82) is 0 Å². The second-order valence-electron chi connectivity index (χ2n) is 4.51. The van der Waals surface area contributed by atoms with E-state index in [9.17, 15) is 15.2 Å². The first-order valence-corrected chi connectivity index (χ1v) is 6.36. The third-order valence-electron chi connectivity index (χ3n) is 3.07. The normalized spacial score (nSPS) is 10.8. The Morgan fingerprint density at radius 3 is 2.70 bits per heavy atom. The molecule has 0 radical (unpaired) electrons. The Bertz CT molecular complexity index is 637. The van der Waals surface area contributed by atoms with Gasteiger partial charge in [-0.3, -0.25) is 10.1 Å². The Morgan fingerprint density at radius 1 is 1.40 bits per heavy atom. The topological polar surface area (TPSA) is 94.1 Å². The highest BCUT2D eigenvalue weighted by Gasteiger charge is 2.16. The molecule has 7 heteroatoms. The summed E-state index contributed by atoms with van der Waals surface area (Å²) in [7, 11) is 0. The second-order valence-corrected chi connectivity index (χ2v) is 4.51. The minimum Gasteiger partial charge on any atom is -0.388 e. The zero-order chi connectivity index (χ0) is 14.7. The Kier molecular flexibility index (Phi) is 4.09. The lowest BCUT2D eigenvalue weighted by atomic mass is 10.1. The Morgan fingerprint density at radius 2 is 2.15 bits per heavy atom. The van der Waals surface area contributed by atoms with Gasteiger partial charge in [-0.15, -0.1) is 10.2 Å². The summed E-state index contributed by atoms with van der Waals surface area (Å²) in [4.78, 5) is 10.4. The Labute approximate surface area is 116 Å². The van der Waals surface area contributed by atoms with E-state index in [1.165, 1.54) is 6.07 Å². The number of aromatic nitrogens is 3. The summed E-state index contributed by atoms with van der Waals surface area (Å²) in [6.45, 7) is 4.22. The fourth-order valence-electron chi connectivity index (χ4n) is 2.12. The summed E-state index contributed by atoms with van der Waals surface area (Å²) in [5.41, 5.74) is 1.41. The molecule has 1 heterocycles. The van der Waals surface area contributed by atoms with Gasteiger partial charge in [-0.05, 0) is 25.5 Å². The van der Waals surface area contributed by atoms with Crippen molar-refractivity contribution in [3.8, 4) is 11.4 Å². The molecular weight excluding hydrogens is 260 g/mol. The monoisotopic (exact) mass is 276 g/mol. The van der Waals surface area contributed by atoms with Crippen LogP contribution in [0, 0.1) is 17.0 Å². The smallest absolute Gasteiger partial charge is 0.272 e. The molecule has 1 N–H and O–H groups in total. The van der Waals surface area contributed by atoms with Gasteiger partial charge in [-0.1, -0.05) is 6.92 Å². The van der Waals surface area contributed by atoms with E-state index in [0.717, 1.165) is 12.0 Å². The van der Waals surface area contributed by atoms with Crippen molar-refractivity contribution in [2.24, 2.45) is 0 Å². The molecule has 2 rings (SSSR count). The van der Waals surface area contributed by atoms with Crippen LogP contribution in [0.4, 0.5) is 5.69 Å². The van der Waals surface area contributed by atoms with Gasteiger partial charge in [0.2, 0.25) is 0 Å². The number of hydrogen-bond donors (Lipinski definition) is 1. The Balaban J connectivity index is 2.49. The molecule has 0 unspecified atom stereocenters. The van der Waals surface area contributed by atoms with Gasteiger partial charge in [0, 0.05) is 23.7 Å². The van der Waals surface area contributed by atoms with Crippen LogP contribution >= 0.6 is 0 Å². The van der Waals surface area contributed by atoms with E-state index >= 15 is 0 Å². The number of aliphatic hydroxyl groups excluding tert-OH is 1. The molecular formula is C13H16N4O3. The van der Waals surface area contributed by atoms with Crippen molar-refractivity contribution in [2.45, 2.75) is 33.4 Å². The van der Waals surface area contributed by atoms with Gasteiger partial charge < -0.3 is 9.67 Å². The highest BCUT2D eigenvalue weighted by atomic mass is 16.6. The van der Waals surface area contributed by atoms with Crippen LogP contribution in [0.2, 0.25) is 0 Å². The molecule has 1 aromatic carbocycles.